The van der Waals surface area contributed by atoms with E-state index in [0.29, 0.717) is 0 Å². The van der Waals surface area contributed by atoms with Gasteiger partial charge in [0.2, 0.25) is 11.8 Å². The second-order valence-electron chi connectivity index (χ2n) is 5.81. The molecule has 1 aromatic rings. The van der Waals surface area contributed by atoms with Gasteiger partial charge in [0.25, 0.3) is 0 Å². The summed E-state index contributed by atoms with van der Waals surface area (Å²) in [5.74, 6) is -1.50. The van der Waals surface area contributed by atoms with Gasteiger partial charge in [0.1, 0.15) is 12.3 Å². The molecule has 2 amide bonds. The number of esters is 1. The SMILES string of the molecule is O=C(CN1C(=O)C2CCCCC2C1=O)Oc1ccc(Br)cc1Cl. The predicted octanol–water partition coefficient (Wildman–Crippen LogP) is 3.18. The molecule has 5 nitrogen and oxygen atoms in total. The Kier molecular flexibility index (Phi) is 4.73. The number of likely N-dealkylation sites (tertiary alicyclic amines) is 1. The van der Waals surface area contributed by atoms with Gasteiger partial charge < -0.3 is 4.74 Å². The first-order chi connectivity index (χ1) is 11.0. The normalized spacial score (nSPS) is 23.8. The van der Waals surface area contributed by atoms with Crippen LogP contribution in [-0.4, -0.2) is 29.2 Å². The summed E-state index contributed by atoms with van der Waals surface area (Å²) in [4.78, 5) is 37.7. The summed E-state index contributed by atoms with van der Waals surface area (Å²) in [6.07, 6.45) is 3.35. The number of ether oxygens (including phenoxy) is 1. The Hall–Kier alpha value is -1.40. The van der Waals surface area contributed by atoms with Crippen LogP contribution in [0.3, 0.4) is 0 Å². The molecule has 2 atom stereocenters. The average molecular weight is 401 g/mol. The Morgan fingerprint density at radius 3 is 2.39 bits per heavy atom. The van der Waals surface area contributed by atoms with Crippen molar-refractivity contribution in [2.45, 2.75) is 25.7 Å². The zero-order valence-electron chi connectivity index (χ0n) is 12.3. The van der Waals surface area contributed by atoms with Crippen LogP contribution in [0.2, 0.25) is 5.02 Å². The van der Waals surface area contributed by atoms with Crippen molar-refractivity contribution in [3.05, 3.63) is 27.7 Å². The lowest BCUT2D eigenvalue weighted by molar-refractivity contribution is -0.148. The van der Waals surface area contributed by atoms with Crippen LogP contribution in [0, 0.1) is 11.8 Å². The zero-order valence-corrected chi connectivity index (χ0v) is 14.6. The highest BCUT2D eigenvalue weighted by molar-refractivity contribution is 9.10. The van der Waals surface area contributed by atoms with Gasteiger partial charge >= 0.3 is 5.97 Å². The molecule has 1 aliphatic carbocycles. The van der Waals surface area contributed by atoms with Gasteiger partial charge in [0.15, 0.2) is 0 Å². The van der Waals surface area contributed by atoms with Gasteiger partial charge in [-0.15, -0.1) is 0 Å². The van der Waals surface area contributed by atoms with E-state index in [-0.39, 0.29) is 41.0 Å². The van der Waals surface area contributed by atoms with Gasteiger partial charge in [0, 0.05) is 4.47 Å². The van der Waals surface area contributed by atoms with Crippen molar-refractivity contribution in [2.75, 3.05) is 6.54 Å². The van der Waals surface area contributed by atoms with Gasteiger partial charge in [-0.2, -0.15) is 0 Å². The topological polar surface area (TPSA) is 63.7 Å². The van der Waals surface area contributed by atoms with Crippen molar-refractivity contribution < 1.29 is 19.1 Å². The molecule has 0 radical (unpaired) electrons. The van der Waals surface area contributed by atoms with Crippen LogP contribution >= 0.6 is 27.5 Å². The first-order valence-corrected chi connectivity index (χ1v) is 8.65. The minimum atomic E-state index is -0.672. The first-order valence-electron chi connectivity index (χ1n) is 7.48. The molecule has 7 heteroatoms. The van der Waals surface area contributed by atoms with E-state index in [4.69, 9.17) is 16.3 Å². The third-order valence-corrected chi connectivity index (χ3v) is 5.13. The number of amides is 2. The Bertz CT molecular complexity index is 654. The highest BCUT2D eigenvalue weighted by Crippen LogP contribution is 2.38. The summed E-state index contributed by atoms with van der Waals surface area (Å²) in [5.41, 5.74) is 0. The first kappa shape index (κ1) is 16.5. The minimum absolute atomic E-state index is 0.205. The van der Waals surface area contributed by atoms with Crippen LogP contribution in [0.4, 0.5) is 0 Å². The molecular weight excluding hydrogens is 386 g/mol. The van der Waals surface area contributed by atoms with E-state index >= 15 is 0 Å². The van der Waals surface area contributed by atoms with Crippen LogP contribution in [0.25, 0.3) is 0 Å². The Morgan fingerprint density at radius 2 is 1.83 bits per heavy atom. The Labute approximate surface area is 147 Å². The van der Waals surface area contributed by atoms with E-state index in [0.717, 1.165) is 35.1 Å². The molecule has 1 aromatic carbocycles. The molecule has 2 fully saturated rings. The lowest BCUT2D eigenvalue weighted by Gasteiger charge is -2.19. The molecule has 1 saturated carbocycles. The molecule has 0 spiro atoms. The molecule has 3 rings (SSSR count). The number of carbonyl (C=O) groups excluding carboxylic acids is 3. The van der Waals surface area contributed by atoms with Crippen molar-refractivity contribution >= 4 is 45.3 Å². The summed E-state index contributed by atoms with van der Waals surface area (Å²) < 4.78 is 5.93. The monoisotopic (exact) mass is 399 g/mol. The largest absolute Gasteiger partial charge is 0.424 e. The number of rotatable bonds is 3. The number of carbonyl (C=O) groups is 3. The van der Waals surface area contributed by atoms with Crippen molar-refractivity contribution in [2.24, 2.45) is 11.8 Å². The molecule has 0 bridgehead atoms. The van der Waals surface area contributed by atoms with Crippen molar-refractivity contribution in [3.8, 4) is 5.75 Å². The smallest absolute Gasteiger partial charge is 0.331 e. The predicted molar refractivity (Wildman–Crippen MR) is 87.0 cm³/mol. The van der Waals surface area contributed by atoms with Gasteiger partial charge in [-0.05, 0) is 31.0 Å². The Morgan fingerprint density at radius 1 is 1.22 bits per heavy atom. The molecule has 122 valence electrons. The minimum Gasteiger partial charge on any atom is -0.424 e. The molecule has 0 aromatic heterocycles. The van der Waals surface area contributed by atoms with Crippen molar-refractivity contribution in [1.82, 2.24) is 4.90 Å². The van der Waals surface area contributed by atoms with Gasteiger partial charge in [0.05, 0.1) is 16.9 Å². The number of hydrogen-bond donors (Lipinski definition) is 0. The molecule has 23 heavy (non-hydrogen) atoms. The maximum atomic E-state index is 12.3. The number of hydrogen-bond acceptors (Lipinski definition) is 4. The van der Waals surface area contributed by atoms with Crippen LogP contribution in [-0.2, 0) is 14.4 Å². The van der Waals surface area contributed by atoms with E-state index in [1.54, 1.807) is 18.2 Å². The lowest BCUT2D eigenvalue weighted by atomic mass is 9.81. The van der Waals surface area contributed by atoms with Crippen LogP contribution < -0.4 is 4.74 Å². The second-order valence-corrected chi connectivity index (χ2v) is 7.13. The van der Waals surface area contributed by atoms with E-state index in [1.807, 2.05) is 0 Å². The van der Waals surface area contributed by atoms with Gasteiger partial charge in [-0.3, -0.25) is 14.5 Å². The number of nitrogens with zero attached hydrogens (tertiary/aromatic N) is 1. The number of fused-ring (bicyclic) bond motifs is 1. The summed E-state index contributed by atoms with van der Waals surface area (Å²) >= 11 is 9.25. The van der Waals surface area contributed by atoms with E-state index in [2.05, 4.69) is 15.9 Å². The Balaban J connectivity index is 1.68. The maximum Gasteiger partial charge on any atom is 0.331 e. The van der Waals surface area contributed by atoms with Crippen molar-refractivity contribution in [1.29, 1.82) is 0 Å². The maximum absolute atomic E-state index is 12.3. The average Bonchev–Trinajstić information content (AvgIpc) is 2.76. The summed E-state index contributed by atoms with van der Waals surface area (Å²) in [7, 11) is 0. The summed E-state index contributed by atoms with van der Waals surface area (Å²) in [5, 5.41) is 0.278. The standard InChI is InChI=1S/C16H15BrClNO4/c17-9-5-6-13(12(18)7-9)23-14(20)8-19-15(21)10-3-1-2-4-11(10)16(19)22/h5-7,10-11H,1-4,8H2. The van der Waals surface area contributed by atoms with Crippen molar-refractivity contribution in [3.63, 3.8) is 0 Å². The number of halogens is 2. The lowest BCUT2D eigenvalue weighted by Crippen LogP contribution is -2.37. The fourth-order valence-electron chi connectivity index (χ4n) is 3.23. The van der Waals surface area contributed by atoms with Gasteiger partial charge in [-0.1, -0.05) is 40.4 Å². The molecule has 1 saturated heterocycles. The summed E-state index contributed by atoms with van der Waals surface area (Å²) in [6, 6.07) is 4.85. The van der Waals surface area contributed by atoms with E-state index in [1.165, 1.54) is 0 Å². The number of benzene rings is 1. The third-order valence-electron chi connectivity index (χ3n) is 4.34. The molecule has 0 N–H and O–H groups in total. The molecule has 2 unspecified atom stereocenters. The van der Waals surface area contributed by atoms with E-state index in [9.17, 15) is 14.4 Å². The van der Waals surface area contributed by atoms with E-state index < -0.39 is 5.97 Å². The molecule has 1 aliphatic heterocycles. The highest BCUT2D eigenvalue weighted by Gasteiger charge is 2.48. The molecular formula is C16H15BrClNO4. The molecule has 2 aliphatic rings. The second kappa shape index (κ2) is 6.61. The van der Waals surface area contributed by atoms with Crippen LogP contribution in [0.5, 0.6) is 5.75 Å². The fraction of sp³-hybridized carbons (Fsp3) is 0.438. The quantitative estimate of drug-likeness (QED) is 0.444. The summed E-state index contributed by atoms with van der Waals surface area (Å²) in [6.45, 7) is -0.364. The fourth-order valence-corrected chi connectivity index (χ4v) is 3.94. The highest BCUT2D eigenvalue weighted by atomic mass is 79.9. The zero-order chi connectivity index (χ0) is 16.6. The number of imide groups is 1. The molecule has 1 heterocycles. The van der Waals surface area contributed by atoms with Crippen LogP contribution in [0.1, 0.15) is 25.7 Å². The van der Waals surface area contributed by atoms with Crippen LogP contribution in [0.15, 0.2) is 22.7 Å². The van der Waals surface area contributed by atoms with Gasteiger partial charge in [-0.25, -0.2) is 4.79 Å². The third kappa shape index (κ3) is 3.28.